The molecule has 0 amide bonds. The molecule has 2 aliphatic rings. The largest absolute Gasteiger partial charge is 0.385 e. The van der Waals surface area contributed by atoms with Gasteiger partial charge in [-0.25, -0.2) is 0 Å². The zero-order valence-electron chi connectivity index (χ0n) is 34.4. The van der Waals surface area contributed by atoms with Crippen molar-refractivity contribution in [2.24, 2.45) is 11.5 Å². The van der Waals surface area contributed by atoms with Gasteiger partial charge in [-0.15, -0.1) is 0 Å². The molecule has 6 nitrogen and oxygen atoms in total. The molecule has 0 saturated heterocycles. The van der Waals surface area contributed by atoms with Crippen LogP contribution in [0.25, 0.3) is 71.8 Å². The Morgan fingerprint density at radius 1 is 0.650 bits per heavy atom. The number of nitrogens with two attached hydrogens (primary N) is 2. The van der Waals surface area contributed by atoms with Gasteiger partial charge in [0.05, 0.1) is 34.8 Å². The van der Waals surface area contributed by atoms with Crippen LogP contribution < -0.4 is 22.1 Å². The average Bonchev–Trinajstić information content (AvgIpc) is 3.82. The number of allylic oxidation sites excluding steroid dienone is 1. The molecule has 0 saturated carbocycles. The van der Waals surface area contributed by atoms with E-state index < -0.39 is 0 Å². The summed E-state index contributed by atoms with van der Waals surface area (Å²) < 4.78 is 4.83. The van der Waals surface area contributed by atoms with Gasteiger partial charge in [0.15, 0.2) is 0 Å². The van der Waals surface area contributed by atoms with E-state index in [1.807, 2.05) is 26.0 Å². The highest BCUT2D eigenvalue weighted by molar-refractivity contribution is 6.19. The van der Waals surface area contributed by atoms with Crippen molar-refractivity contribution in [3.8, 4) is 5.69 Å². The van der Waals surface area contributed by atoms with Gasteiger partial charge >= 0.3 is 0 Å². The van der Waals surface area contributed by atoms with E-state index in [-0.39, 0.29) is 6.17 Å². The van der Waals surface area contributed by atoms with Crippen LogP contribution in [0.15, 0.2) is 176 Å². The topological polar surface area (TPSA) is 86.0 Å². The number of hydrogen-bond donors (Lipinski definition) is 4. The summed E-state index contributed by atoms with van der Waals surface area (Å²) in [5.41, 5.74) is 25.6. The predicted molar refractivity (Wildman–Crippen MR) is 256 cm³/mol. The van der Waals surface area contributed by atoms with Crippen LogP contribution in [0.4, 0.5) is 0 Å². The SMILES string of the molecule is CC.NC(NCC1=CNCC(n2c3ccccc3c3cc4c5ccccc5n(-c5ccccc5)c4cc32)=C1)c1ccc2c(c1)CCC=C2.NCc1ccc2ccccc2c1. The molecule has 1 aliphatic heterocycles. The van der Waals surface area contributed by atoms with Crippen LogP contribution in [0.2, 0.25) is 0 Å². The maximum atomic E-state index is 6.67. The van der Waals surface area contributed by atoms with Crippen LogP contribution in [0, 0.1) is 0 Å². The molecule has 2 aromatic heterocycles. The molecule has 0 fully saturated rings. The minimum Gasteiger partial charge on any atom is -0.385 e. The molecular weight excluding hydrogens is 733 g/mol. The van der Waals surface area contributed by atoms with Gasteiger partial charge in [-0.1, -0.05) is 135 Å². The van der Waals surface area contributed by atoms with E-state index in [9.17, 15) is 0 Å². The highest BCUT2D eigenvalue weighted by Gasteiger charge is 2.20. The molecule has 0 radical (unpaired) electrons. The van der Waals surface area contributed by atoms with Gasteiger partial charge in [0, 0.05) is 52.2 Å². The minimum atomic E-state index is -0.239. The Morgan fingerprint density at radius 3 is 2.10 bits per heavy atom. The number of hydrogen-bond acceptors (Lipinski definition) is 4. The second kappa shape index (κ2) is 17.3. The zero-order chi connectivity index (χ0) is 41.0. The van der Waals surface area contributed by atoms with E-state index in [1.54, 1.807) is 0 Å². The summed E-state index contributed by atoms with van der Waals surface area (Å²) in [7, 11) is 0. The van der Waals surface area contributed by atoms with E-state index in [1.165, 1.54) is 82.3 Å². The molecule has 298 valence electrons. The number of para-hydroxylation sites is 3. The first-order valence-electron chi connectivity index (χ1n) is 21.2. The first kappa shape index (κ1) is 38.8. The number of aryl methyl sites for hydroxylation is 1. The van der Waals surface area contributed by atoms with Crippen molar-refractivity contribution in [3.05, 3.63) is 198 Å². The summed E-state index contributed by atoms with van der Waals surface area (Å²) in [6.45, 7) is 6.02. The lowest BCUT2D eigenvalue weighted by Gasteiger charge is -2.21. The molecular formula is C54H52N6. The normalized spacial score (nSPS) is 13.9. The summed E-state index contributed by atoms with van der Waals surface area (Å²) in [5.74, 6) is 0. The molecule has 11 rings (SSSR count). The molecule has 3 heterocycles. The number of rotatable bonds is 7. The van der Waals surface area contributed by atoms with Gasteiger partial charge in [0.1, 0.15) is 0 Å². The quantitative estimate of drug-likeness (QED) is 0.121. The zero-order valence-corrected chi connectivity index (χ0v) is 34.4. The Labute approximate surface area is 352 Å². The van der Waals surface area contributed by atoms with E-state index in [2.05, 4.69) is 184 Å². The third kappa shape index (κ3) is 7.42. The number of aromatic nitrogens is 2. The van der Waals surface area contributed by atoms with Gasteiger partial charge in [-0.2, -0.15) is 0 Å². The summed E-state index contributed by atoms with van der Waals surface area (Å²) in [5, 5.41) is 14.7. The maximum absolute atomic E-state index is 6.67. The Hall–Kier alpha value is -6.70. The predicted octanol–water partition coefficient (Wildman–Crippen LogP) is 11.8. The molecule has 1 aliphatic carbocycles. The van der Waals surface area contributed by atoms with E-state index in [4.69, 9.17) is 11.5 Å². The van der Waals surface area contributed by atoms with Crippen LogP contribution in [-0.2, 0) is 13.0 Å². The van der Waals surface area contributed by atoms with Gasteiger partial charge in [0.2, 0.25) is 0 Å². The summed E-state index contributed by atoms with van der Waals surface area (Å²) >= 11 is 0. The van der Waals surface area contributed by atoms with E-state index in [0.717, 1.165) is 30.6 Å². The first-order valence-corrected chi connectivity index (χ1v) is 21.2. The second-order valence-corrected chi connectivity index (χ2v) is 15.3. The number of benzene rings is 7. The monoisotopic (exact) mass is 784 g/mol. The second-order valence-electron chi connectivity index (χ2n) is 15.3. The molecule has 6 N–H and O–H groups in total. The van der Waals surface area contributed by atoms with Crippen LogP contribution in [0.5, 0.6) is 0 Å². The third-order valence-electron chi connectivity index (χ3n) is 11.7. The fourth-order valence-corrected chi connectivity index (χ4v) is 8.79. The van der Waals surface area contributed by atoms with Gasteiger partial charge in [-0.3, -0.25) is 5.32 Å². The lowest BCUT2D eigenvalue weighted by atomic mass is 9.95. The van der Waals surface area contributed by atoms with Crippen molar-refractivity contribution >= 4 is 66.2 Å². The van der Waals surface area contributed by atoms with Crippen LogP contribution >= 0.6 is 0 Å². The van der Waals surface area contributed by atoms with Gasteiger partial charge < -0.3 is 25.9 Å². The van der Waals surface area contributed by atoms with Crippen molar-refractivity contribution in [1.29, 1.82) is 0 Å². The number of nitrogens with one attached hydrogen (secondary N) is 2. The van der Waals surface area contributed by atoms with Crippen LogP contribution in [0.3, 0.4) is 0 Å². The van der Waals surface area contributed by atoms with Crippen molar-refractivity contribution < 1.29 is 0 Å². The molecule has 9 aromatic rings. The van der Waals surface area contributed by atoms with Crippen molar-refractivity contribution in [2.45, 2.75) is 39.4 Å². The lowest BCUT2D eigenvalue weighted by Crippen LogP contribution is -2.31. The van der Waals surface area contributed by atoms with Gasteiger partial charge in [0.25, 0.3) is 0 Å². The van der Waals surface area contributed by atoms with E-state index >= 15 is 0 Å². The number of nitrogens with zero attached hydrogens (tertiary/aromatic N) is 2. The molecule has 0 bridgehead atoms. The Bertz CT molecular complexity index is 3070. The molecule has 1 unspecified atom stereocenters. The first-order chi connectivity index (χ1) is 29.6. The smallest absolute Gasteiger partial charge is 0.0812 e. The average molecular weight is 785 g/mol. The van der Waals surface area contributed by atoms with Crippen molar-refractivity contribution in [2.75, 3.05) is 13.1 Å². The van der Waals surface area contributed by atoms with Crippen LogP contribution in [-0.4, -0.2) is 22.2 Å². The van der Waals surface area contributed by atoms with Crippen molar-refractivity contribution in [3.63, 3.8) is 0 Å². The fourth-order valence-electron chi connectivity index (χ4n) is 8.79. The van der Waals surface area contributed by atoms with Crippen LogP contribution in [0.1, 0.15) is 48.7 Å². The summed E-state index contributed by atoms with van der Waals surface area (Å²) in [6, 6.07) is 54.2. The Balaban J connectivity index is 0.000000282. The lowest BCUT2D eigenvalue weighted by molar-refractivity contribution is 0.582. The molecule has 6 heteroatoms. The summed E-state index contributed by atoms with van der Waals surface area (Å²) in [6.07, 6.45) is 10.8. The number of fused-ring (bicyclic) bond motifs is 8. The highest BCUT2D eigenvalue weighted by atomic mass is 15.1. The standard InChI is InChI=1S/C41H35N5.C11H11N.C2H6/c42-41(30-19-18-28-10-4-5-11-29(28)21-30)44-25-27-20-32(26-43-24-27)46-38-17-9-7-15-34(38)36-22-35-33-14-6-8-16-37(33)45(39(35)23-40(36)46)31-12-2-1-3-13-31;12-8-9-5-6-10-3-1-2-4-11(10)7-9;1-2/h1-4,6-10,12-24,41,43-44H,5,11,25-26,42H2;1-7H,8,12H2;1-2H3. The minimum absolute atomic E-state index is 0.239. The van der Waals surface area contributed by atoms with Crippen molar-refractivity contribution in [1.82, 2.24) is 19.8 Å². The Kier molecular flexibility index (Phi) is 11.2. The molecule has 7 aromatic carbocycles. The Morgan fingerprint density at radius 2 is 1.33 bits per heavy atom. The summed E-state index contributed by atoms with van der Waals surface area (Å²) in [4.78, 5) is 0. The fraction of sp³-hybridized carbons (Fsp3) is 0.148. The third-order valence-corrected chi connectivity index (χ3v) is 11.7. The molecule has 1 atom stereocenters. The van der Waals surface area contributed by atoms with Gasteiger partial charge in [-0.05, 0) is 100.0 Å². The van der Waals surface area contributed by atoms with E-state index in [0.29, 0.717) is 13.1 Å². The maximum Gasteiger partial charge on any atom is 0.0812 e. The highest BCUT2D eigenvalue weighted by Crippen LogP contribution is 2.39. The molecule has 0 spiro atoms. The number of dihydropyridines is 1. The molecule has 60 heavy (non-hydrogen) atoms.